The lowest BCUT2D eigenvalue weighted by atomic mass is 10.2. The van der Waals surface area contributed by atoms with Gasteiger partial charge >= 0.3 is 0 Å². The van der Waals surface area contributed by atoms with E-state index in [1.807, 2.05) is 30.5 Å². The zero-order valence-electron chi connectivity index (χ0n) is 10.8. The Labute approximate surface area is 129 Å². The molecule has 1 amide bonds. The third-order valence-corrected chi connectivity index (χ3v) is 3.69. The van der Waals surface area contributed by atoms with Crippen molar-refractivity contribution in [2.24, 2.45) is 5.10 Å². The molecule has 0 saturated carbocycles. The van der Waals surface area contributed by atoms with Gasteiger partial charge in [0.25, 0.3) is 5.91 Å². The first-order valence-corrected chi connectivity index (χ1v) is 7.67. The number of thiophene rings is 1. The van der Waals surface area contributed by atoms with Crippen LogP contribution in [-0.4, -0.2) is 18.7 Å². The minimum absolute atomic E-state index is 0.303. The van der Waals surface area contributed by atoms with E-state index in [4.69, 9.17) is 4.74 Å². The second kappa shape index (κ2) is 7.21. The van der Waals surface area contributed by atoms with E-state index in [0.29, 0.717) is 17.9 Å². The second-order valence-electron chi connectivity index (χ2n) is 3.79. The maximum Gasteiger partial charge on any atom is 0.275 e. The first-order valence-electron chi connectivity index (χ1n) is 6.00. The van der Waals surface area contributed by atoms with Gasteiger partial charge in [-0.1, -0.05) is 22.0 Å². The molecule has 0 aliphatic rings. The molecule has 0 fully saturated rings. The van der Waals surface area contributed by atoms with Gasteiger partial charge in [-0.2, -0.15) is 5.10 Å². The first kappa shape index (κ1) is 14.7. The van der Waals surface area contributed by atoms with Gasteiger partial charge in [0, 0.05) is 9.35 Å². The van der Waals surface area contributed by atoms with Gasteiger partial charge < -0.3 is 4.74 Å². The molecule has 0 atom stereocenters. The molecule has 1 aromatic heterocycles. The smallest absolute Gasteiger partial charge is 0.275 e. The summed E-state index contributed by atoms with van der Waals surface area (Å²) in [5, 5.41) is 5.89. The minimum Gasteiger partial charge on any atom is -0.493 e. The van der Waals surface area contributed by atoms with Crippen LogP contribution in [0.3, 0.4) is 0 Å². The van der Waals surface area contributed by atoms with E-state index in [1.54, 1.807) is 29.7 Å². The Balaban J connectivity index is 2.10. The van der Waals surface area contributed by atoms with Gasteiger partial charge in [0.2, 0.25) is 0 Å². The number of nitrogens with zero attached hydrogens (tertiary/aromatic N) is 1. The number of hydrogen-bond donors (Lipinski definition) is 1. The van der Waals surface area contributed by atoms with Crippen LogP contribution in [-0.2, 0) is 0 Å². The number of amides is 1. The predicted octanol–water partition coefficient (Wildman–Crippen LogP) is 3.67. The number of hydrazone groups is 1. The fraction of sp³-hybridized carbons (Fsp3) is 0.143. The molecular weight excluding hydrogens is 340 g/mol. The largest absolute Gasteiger partial charge is 0.493 e. The van der Waals surface area contributed by atoms with E-state index < -0.39 is 0 Å². The highest BCUT2D eigenvalue weighted by atomic mass is 79.9. The predicted molar refractivity (Wildman–Crippen MR) is 84.7 cm³/mol. The van der Waals surface area contributed by atoms with Gasteiger partial charge in [-0.15, -0.1) is 11.3 Å². The molecule has 0 aliphatic heterocycles. The van der Waals surface area contributed by atoms with Crippen molar-refractivity contribution >= 4 is 39.4 Å². The van der Waals surface area contributed by atoms with Gasteiger partial charge in [-0.05, 0) is 36.6 Å². The molecular formula is C14H13BrN2O2S. The van der Waals surface area contributed by atoms with Gasteiger partial charge in [0.15, 0.2) is 0 Å². The van der Waals surface area contributed by atoms with E-state index in [-0.39, 0.29) is 5.91 Å². The van der Waals surface area contributed by atoms with Gasteiger partial charge in [0.05, 0.1) is 18.4 Å². The summed E-state index contributed by atoms with van der Waals surface area (Å²) in [7, 11) is 0. The van der Waals surface area contributed by atoms with E-state index in [1.165, 1.54) is 0 Å². The lowest BCUT2D eigenvalue weighted by Gasteiger charge is -2.09. The second-order valence-corrected chi connectivity index (χ2v) is 5.68. The quantitative estimate of drug-likeness (QED) is 0.659. The summed E-state index contributed by atoms with van der Waals surface area (Å²) >= 11 is 4.89. The van der Waals surface area contributed by atoms with Crippen LogP contribution in [0.5, 0.6) is 5.75 Å². The lowest BCUT2D eigenvalue weighted by Crippen LogP contribution is -2.18. The summed E-state index contributed by atoms with van der Waals surface area (Å²) in [6, 6.07) is 9.14. The number of carbonyl (C=O) groups excluding carboxylic acids is 1. The zero-order chi connectivity index (χ0) is 14.4. The monoisotopic (exact) mass is 352 g/mol. The average molecular weight is 353 g/mol. The summed E-state index contributed by atoms with van der Waals surface area (Å²) in [5.41, 5.74) is 2.95. The molecule has 4 nitrogen and oxygen atoms in total. The Hall–Kier alpha value is -1.66. The molecule has 0 saturated heterocycles. The number of ether oxygens (including phenoxy) is 1. The standard InChI is InChI=1S/C14H13BrN2O2S/c1-2-19-13-6-5-10(15)8-12(13)14(18)17-16-9-11-4-3-7-20-11/h3-9H,2H2,1H3,(H,17,18)/b16-9+. The molecule has 0 aliphatic carbocycles. The van der Waals surface area contributed by atoms with E-state index >= 15 is 0 Å². The first-order chi connectivity index (χ1) is 9.70. The average Bonchev–Trinajstić information content (AvgIpc) is 2.94. The molecule has 2 rings (SSSR count). The van der Waals surface area contributed by atoms with E-state index in [0.717, 1.165) is 9.35 Å². The molecule has 2 aromatic rings. The highest BCUT2D eigenvalue weighted by Crippen LogP contribution is 2.23. The van der Waals surface area contributed by atoms with Crippen LogP contribution < -0.4 is 10.2 Å². The lowest BCUT2D eigenvalue weighted by molar-refractivity contribution is 0.0951. The number of carbonyl (C=O) groups is 1. The molecule has 1 heterocycles. The minimum atomic E-state index is -0.303. The molecule has 104 valence electrons. The van der Waals surface area contributed by atoms with Crippen molar-refractivity contribution in [3.63, 3.8) is 0 Å². The van der Waals surface area contributed by atoms with Crippen LogP contribution in [0.2, 0.25) is 0 Å². The summed E-state index contributed by atoms with van der Waals surface area (Å²) in [4.78, 5) is 13.1. The molecule has 1 N–H and O–H groups in total. The molecule has 6 heteroatoms. The molecule has 0 unspecified atom stereocenters. The fourth-order valence-electron chi connectivity index (χ4n) is 1.54. The number of rotatable bonds is 5. The van der Waals surface area contributed by atoms with Gasteiger partial charge in [0.1, 0.15) is 5.75 Å². The highest BCUT2D eigenvalue weighted by molar-refractivity contribution is 9.10. The summed E-state index contributed by atoms with van der Waals surface area (Å²) in [6.45, 7) is 2.37. The van der Waals surface area contributed by atoms with Crippen LogP contribution in [0, 0.1) is 0 Å². The normalized spacial score (nSPS) is 10.7. The topological polar surface area (TPSA) is 50.7 Å². The van der Waals surface area contributed by atoms with Crippen LogP contribution in [0.4, 0.5) is 0 Å². The molecule has 0 bridgehead atoms. The summed E-state index contributed by atoms with van der Waals surface area (Å²) in [5.74, 6) is 0.238. The Morgan fingerprint density at radius 3 is 3.05 bits per heavy atom. The summed E-state index contributed by atoms with van der Waals surface area (Å²) in [6.07, 6.45) is 1.61. The van der Waals surface area contributed by atoms with Crippen molar-refractivity contribution in [2.75, 3.05) is 6.61 Å². The van der Waals surface area contributed by atoms with Crippen molar-refractivity contribution in [1.82, 2.24) is 5.43 Å². The van der Waals surface area contributed by atoms with Crippen molar-refractivity contribution in [3.05, 3.63) is 50.6 Å². The Bertz CT molecular complexity index is 612. The number of benzene rings is 1. The van der Waals surface area contributed by atoms with Crippen LogP contribution >= 0.6 is 27.3 Å². The van der Waals surface area contributed by atoms with Gasteiger partial charge in [-0.25, -0.2) is 5.43 Å². The SMILES string of the molecule is CCOc1ccc(Br)cc1C(=O)N/N=C/c1cccs1. The summed E-state index contributed by atoms with van der Waals surface area (Å²) < 4.78 is 6.25. The third kappa shape index (κ3) is 3.91. The van der Waals surface area contributed by atoms with Crippen LogP contribution in [0.1, 0.15) is 22.2 Å². The van der Waals surface area contributed by atoms with E-state index in [9.17, 15) is 4.79 Å². The van der Waals surface area contributed by atoms with Crippen molar-refractivity contribution in [1.29, 1.82) is 0 Å². The maximum atomic E-state index is 12.1. The number of hydrogen-bond acceptors (Lipinski definition) is 4. The fourth-order valence-corrected chi connectivity index (χ4v) is 2.49. The molecule has 0 radical (unpaired) electrons. The maximum absolute atomic E-state index is 12.1. The molecule has 20 heavy (non-hydrogen) atoms. The van der Waals surface area contributed by atoms with Crippen LogP contribution in [0.25, 0.3) is 0 Å². The van der Waals surface area contributed by atoms with Crippen molar-refractivity contribution in [3.8, 4) is 5.75 Å². The Kier molecular flexibility index (Phi) is 5.31. The molecule has 1 aromatic carbocycles. The van der Waals surface area contributed by atoms with Crippen molar-refractivity contribution < 1.29 is 9.53 Å². The highest BCUT2D eigenvalue weighted by Gasteiger charge is 2.12. The zero-order valence-corrected chi connectivity index (χ0v) is 13.2. The van der Waals surface area contributed by atoms with Gasteiger partial charge in [-0.3, -0.25) is 4.79 Å². The van der Waals surface area contributed by atoms with E-state index in [2.05, 4.69) is 26.5 Å². The number of nitrogens with one attached hydrogen (secondary N) is 1. The third-order valence-electron chi connectivity index (χ3n) is 2.39. The number of halogens is 1. The Morgan fingerprint density at radius 2 is 2.35 bits per heavy atom. The van der Waals surface area contributed by atoms with Crippen LogP contribution in [0.15, 0.2) is 45.3 Å². The molecule has 0 spiro atoms. The Morgan fingerprint density at radius 1 is 1.50 bits per heavy atom. The van der Waals surface area contributed by atoms with Crippen molar-refractivity contribution in [2.45, 2.75) is 6.92 Å².